The van der Waals surface area contributed by atoms with E-state index in [2.05, 4.69) is 20.5 Å². The maximum Gasteiger partial charge on any atom is 0.419 e. The smallest absolute Gasteiger partial charge is 0.384 e. The van der Waals surface area contributed by atoms with Crippen LogP contribution in [0.4, 0.5) is 23.4 Å². The number of nitrogens with zero attached hydrogens (tertiary/aromatic N) is 2. The zero-order valence-corrected chi connectivity index (χ0v) is 18.9. The Kier molecular flexibility index (Phi) is 7.25. The third-order valence-electron chi connectivity index (χ3n) is 6.64. The van der Waals surface area contributed by atoms with E-state index in [1.54, 1.807) is 6.07 Å². The molecule has 188 valence electrons. The molecule has 2 heterocycles. The molecule has 4 rings (SSSR count). The predicted octanol–water partition coefficient (Wildman–Crippen LogP) is 3.08. The molecule has 35 heavy (non-hydrogen) atoms. The number of amides is 2. The van der Waals surface area contributed by atoms with Crippen molar-refractivity contribution in [3.05, 3.63) is 59.0 Å². The van der Waals surface area contributed by atoms with Crippen LogP contribution in [0.25, 0.3) is 0 Å². The summed E-state index contributed by atoms with van der Waals surface area (Å²) in [6, 6.07) is 8.08. The molecule has 0 atom stereocenters. The molecule has 0 radical (unpaired) electrons. The van der Waals surface area contributed by atoms with Crippen LogP contribution >= 0.6 is 0 Å². The van der Waals surface area contributed by atoms with Gasteiger partial charge in [0.25, 0.3) is 5.91 Å². The molecule has 2 amide bonds. The molecule has 1 aliphatic carbocycles. The molecule has 1 saturated heterocycles. The van der Waals surface area contributed by atoms with Crippen molar-refractivity contribution in [3.63, 3.8) is 0 Å². The second-order valence-electron chi connectivity index (χ2n) is 9.09. The maximum atomic E-state index is 13.4. The summed E-state index contributed by atoms with van der Waals surface area (Å²) >= 11 is 0. The fourth-order valence-corrected chi connectivity index (χ4v) is 4.76. The lowest BCUT2D eigenvalue weighted by Crippen LogP contribution is -2.63. The van der Waals surface area contributed by atoms with Gasteiger partial charge in [-0.3, -0.25) is 14.5 Å². The van der Waals surface area contributed by atoms with E-state index in [9.17, 15) is 27.2 Å². The first-order valence-corrected chi connectivity index (χ1v) is 11.5. The monoisotopic (exact) mass is 493 g/mol. The lowest BCUT2D eigenvalue weighted by Gasteiger charge is -2.46. The van der Waals surface area contributed by atoms with E-state index >= 15 is 0 Å². The van der Waals surface area contributed by atoms with Crippen molar-refractivity contribution in [2.45, 2.75) is 49.9 Å². The van der Waals surface area contributed by atoms with Gasteiger partial charge in [0.05, 0.1) is 18.2 Å². The van der Waals surface area contributed by atoms with Crippen molar-refractivity contribution < 1.29 is 27.2 Å². The zero-order valence-electron chi connectivity index (χ0n) is 18.9. The molecule has 1 aliphatic heterocycles. The van der Waals surface area contributed by atoms with Crippen LogP contribution in [0.1, 0.15) is 53.2 Å². The minimum absolute atomic E-state index is 0.0460. The predicted molar refractivity (Wildman–Crippen MR) is 121 cm³/mol. The quantitative estimate of drug-likeness (QED) is 0.537. The highest BCUT2D eigenvalue weighted by molar-refractivity contribution is 5.96. The van der Waals surface area contributed by atoms with Gasteiger partial charge in [0.1, 0.15) is 11.6 Å². The van der Waals surface area contributed by atoms with Crippen LogP contribution in [0.15, 0.2) is 36.4 Å². The van der Waals surface area contributed by atoms with Crippen LogP contribution in [0, 0.1) is 5.82 Å². The lowest BCUT2D eigenvalue weighted by molar-refractivity contribution is -0.140. The normalized spacial score (nSPS) is 21.3. The summed E-state index contributed by atoms with van der Waals surface area (Å²) in [7, 11) is 0. The van der Waals surface area contributed by atoms with E-state index in [0.717, 1.165) is 37.4 Å². The number of nitrogen functional groups attached to an aromatic ring is 1. The number of likely N-dealkylation sites (tertiary alicyclic amines) is 1. The minimum atomic E-state index is -4.92. The molecule has 1 aromatic heterocycles. The van der Waals surface area contributed by atoms with E-state index in [1.807, 2.05) is 12.1 Å². The summed E-state index contributed by atoms with van der Waals surface area (Å²) in [6.07, 6.45) is -0.787. The number of carbonyl (C=O) groups is 2. The summed E-state index contributed by atoms with van der Waals surface area (Å²) < 4.78 is 51.9. The van der Waals surface area contributed by atoms with Gasteiger partial charge in [-0.05, 0) is 56.0 Å². The Labute approximate surface area is 200 Å². The summed E-state index contributed by atoms with van der Waals surface area (Å²) in [6.45, 7) is 1.03. The first kappa shape index (κ1) is 24.9. The Bertz CT molecular complexity index is 1080. The van der Waals surface area contributed by atoms with Crippen LogP contribution in [-0.2, 0) is 11.0 Å². The van der Waals surface area contributed by atoms with Gasteiger partial charge in [-0.25, -0.2) is 9.37 Å². The molecule has 1 saturated carbocycles. The van der Waals surface area contributed by atoms with Gasteiger partial charge < -0.3 is 16.4 Å². The molecule has 2 fully saturated rings. The number of hydrogen-bond donors (Lipinski definition) is 3. The molecule has 0 unspecified atom stereocenters. The summed E-state index contributed by atoms with van der Waals surface area (Å²) in [5.74, 6) is -1.84. The summed E-state index contributed by atoms with van der Waals surface area (Å²) in [5, 5.41) is 5.10. The van der Waals surface area contributed by atoms with Crippen molar-refractivity contribution in [1.29, 1.82) is 0 Å². The van der Waals surface area contributed by atoms with E-state index in [-0.39, 0.29) is 18.2 Å². The number of alkyl halides is 3. The van der Waals surface area contributed by atoms with Gasteiger partial charge in [-0.1, -0.05) is 6.07 Å². The molecule has 2 aromatic rings. The third-order valence-corrected chi connectivity index (χ3v) is 6.64. The van der Waals surface area contributed by atoms with Crippen molar-refractivity contribution in [2.75, 3.05) is 25.4 Å². The standard InChI is InChI=1S/C24H27F4N5O2/c25-19-9-6-15(10-18(19)24(26,27)28)23(35)30-11-22(34)31-16-12-33(13-16)17-7-4-14(5-8-17)20-2-1-3-21(29)32-20/h1-3,6,9-10,14,16-17H,4-5,7-8,11-13H2,(H2,29,32)(H,30,35)(H,31,34)/t14-,17+. The molecule has 0 spiro atoms. The molecular formula is C24H27F4N5O2. The van der Waals surface area contributed by atoms with Crippen LogP contribution in [0.5, 0.6) is 0 Å². The second kappa shape index (κ2) is 10.2. The average molecular weight is 494 g/mol. The second-order valence-corrected chi connectivity index (χ2v) is 9.09. The van der Waals surface area contributed by atoms with Crippen LogP contribution < -0.4 is 16.4 Å². The van der Waals surface area contributed by atoms with E-state index in [0.29, 0.717) is 43.0 Å². The van der Waals surface area contributed by atoms with Crippen LogP contribution in [0.2, 0.25) is 0 Å². The number of anilines is 1. The van der Waals surface area contributed by atoms with E-state index in [1.165, 1.54) is 0 Å². The van der Waals surface area contributed by atoms with Gasteiger partial charge in [0.15, 0.2) is 0 Å². The highest BCUT2D eigenvalue weighted by Gasteiger charge is 2.36. The maximum absolute atomic E-state index is 13.4. The molecule has 7 nitrogen and oxygen atoms in total. The number of halogens is 4. The summed E-state index contributed by atoms with van der Waals surface area (Å²) in [4.78, 5) is 31.0. The van der Waals surface area contributed by atoms with Gasteiger partial charge in [0, 0.05) is 36.3 Å². The van der Waals surface area contributed by atoms with Gasteiger partial charge >= 0.3 is 6.18 Å². The fourth-order valence-electron chi connectivity index (χ4n) is 4.76. The molecular weight excluding hydrogens is 466 g/mol. The molecule has 11 heteroatoms. The number of rotatable bonds is 6. The first-order chi connectivity index (χ1) is 16.6. The van der Waals surface area contributed by atoms with Crippen molar-refractivity contribution in [1.82, 2.24) is 20.5 Å². The topological polar surface area (TPSA) is 100 Å². The highest BCUT2D eigenvalue weighted by atomic mass is 19.4. The van der Waals surface area contributed by atoms with E-state index in [4.69, 9.17) is 5.73 Å². The zero-order chi connectivity index (χ0) is 25.2. The number of aromatic nitrogens is 1. The van der Waals surface area contributed by atoms with Crippen LogP contribution in [0.3, 0.4) is 0 Å². The van der Waals surface area contributed by atoms with Crippen molar-refractivity contribution in [3.8, 4) is 0 Å². The Morgan fingerprint density at radius 3 is 2.46 bits per heavy atom. The molecule has 2 aliphatic rings. The Morgan fingerprint density at radius 2 is 1.80 bits per heavy atom. The molecule has 0 bridgehead atoms. The average Bonchev–Trinajstić information content (AvgIpc) is 2.79. The van der Waals surface area contributed by atoms with Gasteiger partial charge in [0.2, 0.25) is 5.91 Å². The molecule has 4 N–H and O–H groups in total. The fraction of sp³-hybridized carbons (Fsp3) is 0.458. The highest BCUT2D eigenvalue weighted by Crippen LogP contribution is 2.35. The number of benzene rings is 1. The SMILES string of the molecule is Nc1cccc([C@H]2CC[C@@H](N3CC(NC(=O)CNC(=O)c4ccc(F)c(C(F)(F)F)c4)C3)CC2)n1. The first-order valence-electron chi connectivity index (χ1n) is 11.5. The van der Waals surface area contributed by atoms with Crippen LogP contribution in [-0.4, -0.2) is 53.4 Å². The number of nitrogens with one attached hydrogen (secondary N) is 2. The number of hydrogen-bond acceptors (Lipinski definition) is 5. The number of nitrogens with two attached hydrogens (primary N) is 1. The Balaban J connectivity index is 1.17. The van der Waals surface area contributed by atoms with E-state index < -0.39 is 29.4 Å². The number of pyridine rings is 1. The third kappa shape index (κ3) is 6.08. The number of carbonyl (C=O) groups excluding carboxylic acids is 2. The largest absolute Gasteiger partial charge is 0.419 e. The Hall–Kier alpha value is -3.21. The minimum Gasteiger partial charge on any atom is -0.384 e. The van der Waals surface area contributed by atoms with Gasteiger partial charge in [-0.2, -0.15) is 13.2 Å². The molecule has 1 aromatic carbocycles. The Morgan fingerprint density at radius 1 is 1.09 bits per heavy atom. The van der Waals surface area contributed by atoms with Gasteiger partial charge in [-0.15, -0.1) is 0 Å². The summed E-state index contributed by atoms with van der Waals surface area (Å²) in [5.41, 5.74) is 4.93. The van der Waals surface area contributed by atoms with Crippen molar-refractivity contribution >= 4 is 17.6 Å². The lowest BCUT2D eigenvalue weighted by atomic mass is 9.82. The van der Waals surface area contributed by atoms with Crippen molar-refractivity contribution in [2.24, 2.45) is 0 Å².